The van der Waals surface area contributed by atoms with E-state index in [-0.39, 0.29) is 11.4 Å². The van der Waals surface area contributed by atoms with Crippen LogP contribution in [0, 0.1) is 19.8 Å². The van der Waals surface area contributed by atoms with Gasteiger partial charge < -0.3 is 20.4 Å². The van der Waals surface area contributed by atoms with Crippen molar-refractivity contribution in [1.29, 1.82) is 0 Å². The van der Waals surface area contributed by atoms with E-state index in [9.17, 15) is 14.7 Å². The largest absolute Gasteiger partial charge is 0.504 e. The number of nitrogens with one attached hydrogen (secondary N) is 1. The van der Waals surface area contributed by atoms with E-state index in [0.717, 1.165) is 42.9 Å². The molecule has 3 N–H and O–H groups in total. The maximum Gasteiger partial charge on any atom is 0.322 e. The third kappa shape index (κ3) is 5.92. The molecule has 9 heteroatoms. The van der Waals surface area contributed by atoms with Gasteiger partial charge in [0.1, 0.15) is 18.2 Å². The zero-order valence-corrected chi connectivity index (χ0v) is 19.9. The molecular formula is C26H29N5O4. The van der Waals surface area contributed by atoms with Crippen LogP contribution in [0.1, 0.15) is 40.4 Å². The Labute approximate surface area is 203 Å². The third-order valence-electron chi connectivity index (χ3n) is 6.26. The minimum Gasteiger partial charge on any atom is -0.504 e. The Bertz CT molecular complexity index is 1200. The third-order valence-corrected chi connectivity index (χ3v) is 6.26. The summed E-state index contributed by atoms with van der Waals surface area (Å²) >= 11 is 0. The van der Waals surface area contributed by atoms with Gasteiger partial charge in [0, 0.05) is 31.3 Å². The fraction of sp³-hybridized carbons (Fsp3) is 0.346. The molecule has 1 aromatic carbocycles. The predicted molar refractivity (Wildman–Crippen MR) is 131 cm³/mol. The smallest absolute Gasteiger partial charge is 0.322 e. The summed E-state index contributed by atoms with van der Waals surface area (Å²) in [4.78, 5) is 38.5. The van der Waals surface area contributed by atoms with E-state index < -0.39 is 18.4 Å². The first-order valence-electron chi connectivity index (χ1n) is 11.6. The summed E-state index contributed by atoms with van der Waals surface area (Å²) in [5.41, 5.74) is 3.57. The number of amides is 1. The van der Waals surface area contributed by atoms with E-state index in [2.05, 4.69) is 68.5 Å². The Hall–Kier alpha value is -4.01. The van der Waals surface area contributed by atoms with Gasteiger partial charge in [-0.3, -0.25) is 9.59 Å². The number of carbonyl (C=O) groups excluding carboxylic acids is 1. The number of pyridine rings is 1. The number of nitrogens with zero attached hydrogens (tertiary/aromatic N) is 4. The molecule has 0 radical (unpaired) electrons. The molecule has 0 saturated carbocycles. The highest BCUT2D eigenvalue weighted by atomic mass is 16.4. The molecule has 35 heavy (non-hydrogen) atoms. The second kappa shape index (κ2) is 10.5. The fourth-order valence-corrected chi connectivity index (χ4v) is 4.23. The minimum absolute atomic E-state index is 0.191. The molecule has 2 aromatic heterocycles. The fourth-order valence-electron chi connectivity index (χ4n) is 4.23. The molecule has 0 unspecified atom stereocenters. The molecule has 1 aliphatic heterocycles. The monoisotopic (exact) mass is 475 g/mol. The van der Waals surface area contributed by atoms with Crippen molar-refractivity contribution in [2.45, 2.75) is 33.1 Å². The molecule has 0 bridgehead atoms. The normalized spacial score (nSPS) is 14.1. The van der Waals surface area contributed by atoms with Crippen LogP contribution in [0.4, 0.5) is 5.82 Å². The van der Waals surface area contributed by atoms with Crippen LogP contribution in [0.5, 0.6) is 5.75 Å². The van der Waals surface area contributed by atoms with Crippen LogP contribution in [-0.2, 0) is 11.2 Å². The number of aryl methyl sites for hydroxylation is 2. The van der Waals surface area contributed by atoms with Gasteiger partial charge >= 0.3 is 5.97 Å². The lowest BCUT2D eigenvalue weighted by molar-refractivity contribution is -0.135. The Morgan fingerprint density at radius 2 is 1.71 bits per heavy atom. The summed E-state index contributed by atoms with van der Waals surface area (Å²) < 4.78 is 0. The second-order valence-corrected chi connectivity index (χ2v) is 8.90. The highest BCUT2D eigenvalue weighted by molar-refractivity contribution is 5.96. The van der Waals surface area contributed by atoms with Crippen molar-refractivity contribution in [2.75, 3.05) is 24.5 Å². The van der Waals surface area contributed by atoms with Crippen molar-refractivity contribution in [3.8, 4) is 16.9 Å². The molecule has 1 fully saturated rings. The van der Waals surface area contributed by atoms with Crippen LogP contribution in [0.25, 0.3) is 11.1 Å². The number of carboxylic acids is 1. The molecule has 1 aliphatic rings. The summed E-state index contributed by atoms with van der Waals surface area (Å²) in [7, 11) is 0. The number of hydrogen-bond donors (Lipinski definition) is 3. The van der Waals surface area contributed by atoms with Crippen molar-refractivity contribution in [3.05, 3.63) is 65.4 Å². The van der Waals surface area contributed by atoms with Crippen LogP contribution in [0.3, 0.4) is 0 Å². The number of anilines is 1. The zero-order chi connectivity index (χ0) is 24.9. The lowest BCUT2D eigenvalue weighted by Gasteiger charge is -2.32. The lowest BCUT2D eigenvalue weighted by Crippen LogP contribution is -2.35. The van der Waals surface area contributed by atoms with Crippen molar-refractivity contribution in [1.82, 2.24) is 20.3 Å². The van der Waals surface area contributed by atoms with E-state index in [0.29, 0.717) is 23.9 Å². The summed E-state index contributed by atoms with van der Waals surface area (Å²) in [5.74, 6) is -0.474. The van der Waals surface area contributed by atoms with Crippen LogP contribution in [0.2, 0.25) is 0 Å². The topological polar surface area (TPSA) is 129 Å². The van der Waals surface area contributed by atoms with E-state index in [1.807, 2.05) is 6.20 Å². The van der Waals surface area contributed by atoms with Gasteiger partial charge in [-0.1, -0.05) is 29.8 Å². The van der Waals surface area contributed by atoms with Crippen molar-refractivity contribution < 1.29 is 19.8 Å². The van der Waals surface area contributed by atoms with Gasteiger partial charge in [0.15, 0.2) is 11.4 Å². The SMILES string of the molecule is Cc1ccc(-c2ccc(N3CCC(Cc4nc(C)c(O)c(C(=O)NCC(=O)O)n4)CC3)nc2)cc1. The number of piperidine rings is 1. The Kier molecular flexibility index (Phi) is 7.24. The summed E-state index contributed by atoms with van der Waals surface area (Å²) in [6.07, 6.45) is 4.33. The maximum atomic E-state index is 12.3. The second-order valence-electron chi connectivity index (χ2n) is 8.90. The molecule has 3 aromatic rings. The Morgan fingerprint density at radius 1 is 1.03 bits per heavy atom. The number of hydrogen-bond acceptors (Lipinski definition) is 7. The highest BCUT2D eigenvalue weighted by Crippen LogP contribution is 2.27. The molecule has 0 atom stereocenters. The zero-order valence-electron chi connectivity index (χ0n) is 19.9. The number of rotatable bonds is 7. The molecule has 9 nitrogen and oxygen atoms in total. The number of aromatic hydroxyl groups is 1. The van der Waals surface area contributed by atoms with Crippen LogP contribution in [-0.4, -0.2) is 56.7 Å². The maximum absolute atomic E-state index is 12.3. The average Bonchev–Trinajstić information content (AvgIpc) is 2.86. The first-order chi connectivity index (χ1) is 16.8. The average molecular weight is 476 g/mol. The van der Waals surface area contributed by atoms with Gasteiger partial charge in [-0.25, -0.2) is 15.0 Å². The first-order valence-corrected chi connectivity index (χ1v) is 11.6. The number of benzene rings is 1. The number of aliphatic carboxylic acids is 1. The van der Waals surface area contributed by atoms with Crippen LogP contribution >= 0.6 is 0 Å². The van der Waals surface area contributed by atoms with Gasteiger partial charge in [0.2, 0.25) is 0 Å². The van der Waals surface area contributed by atoms with E-state index in [1.165, 1.54) is 5.56 Å². The van der Waals surface area contributed by atoms with E-state index >= 15 is 0 Å². The molecule has 182 valence electrons. The quantitative estimate of drug-likeness (QED) is 0.475. The lowest BCUT2D eigenvalue weighted by atomic mass is 9.93. The van der Waals surface area contributed by atoms with Gasteiger partial charge in [0.05, 0.1) is 5.69 Å². The highest BCUT2D eigenvalue weighted by Gasteiger charge is 2.24. The molecule has 1 amide bonds. The van der Waals surface area contributed by atoms with Gasteiger partial charge in [-0.2, -0.15) is 0 Å². The predicted octanol–water partition coefficient (Wildman–Crippen LogP) is 3.13. The number of aromatic nitrogens is 3. The van der Waals surface area contributed by atoms with Crippen LogP contribution in [0.15, 0.2) is 42.6 Å². The molecule has 4 rings (SSSR count). The summed E-state index contributed by atoms with van der Waals surface area (Å²) in [6, 6.07) is 12.6. The van der Waals surface area contributed by atoms with Gasteiger partial charge in [0.25, 0.3) is 5.91 Å². The molecule has 3 heterocycles. The van der Waals surface area contributed by atoms with Gasteiger partial charge in [-0.05, 0) is 50.3 Å². The Morgan fingerprint density at radius 3 is 2.34 bits per heavy atom. The van der Waals surface area contributed by atoms with Crippen LogP contribution < -0.4 is 10.2 Å². The van der Waals surface area contributed by atoms with Gasteiger partial charge in [-0.15, -0.1) is 0 Å². The van der Waals surface area contributed by atoms with E-state index in [4.69, 9.17) is 5.11 Å². The summed E-state index contributed by atoms with van der Waals surface area (Å²) in [5, 5.41) is 21.2. The van der Waals surface area contributed by atoms with Crippen molar-refractivity contribution in [3.63, 3.8) is 0 Å². The van der Waals surface area contributed by atoms with Crippen molar-refractivity contribution >= 4 is 17.7 Å². The summed E-state index contributed by atoms with van der Waals surface area (Å²) in [6.45, 7) is 4.83. The number of carboxylic acid groups (broad SMARTS) is 1. The molecule has 0 aliphatic carbocycles. The first kappa shape index (κ1) is 24.1. The standard InChI is InChI=1S/C26H29N5O4/c1-16-3-5-19(6-4-16)20-7-8-22(27-14-20)31-11-9-18(10-12-31)13-21-29-17(2)25(34)24(30-21)26(35)28-15-23(32)33/h3-8,14,18,34H,9-13,15H2,1-2H3,(H,28,35)(H,32,33). The molecule has 0 spiro atoms. The molecule has 1 saturated heterocycles. The van der Waals surface area contributed by atoms with Crippen molar-refractivity contribution in [2.24, 2.45) is 5.92 Å². The number of carbonyl (C=O) groups is 2. The Balaban J connectivity index is 1.36. The minimum atomic E-state index is -1.17. The van der Waals surface area contributed by atoms with E-state index in [1.54, 1.807) is 6.92 Å². The molecular weight excluding hydrogens is 446 g/mol.